The van der Waals surface area contributed by atoms with E-state index in [1.165, 1.54) is 0 Å². The number of aldehydes is 1. The Morgan fingerprint density at radius 3 is 3.33 bits per heavy atom. The first kappa shape index (κ1) is 5.95. The minimum atomic E-state index is 0.698. The molecule has 2 heteroatoms. The standard InChI is InChI=1S/C7H7NO/c9-6-7-2-1-4-8-5-3-7/h1,3-6H,2H2. The molecule has 1 aliphatic rings. The molecule has 0 bridgehead atoms. The van der Waals surface area contributed by atoms with Gasteiger partial charge in [0.25, 0.3) is 0 Å². The Hall–Kier alpha value is -1.18. The lowest BCUT2D eigenvalue weighted by Crippen LogP contribution is -1.80. The molecular weight excluding hydrogens is 114 g/mol. The van der Waals surface area contributed by atoms with Crippen LogP contribution in [0.3, 0.4) is 0 Å². The smallest absolute Gasteiger partial charge is 0.146 e. The third kappa shape index (κ3) is 1.64. The Morgan fingerprint density at radius 1 is 1.67 bits per heavy atom. The quantitative estimate of drug-likeness (QED) is 0.477. The Balaban J connectivity index is 2.73. The first-order valence-corrected chi connectivity index (χ1v) is 2.76. The third-order valence-corrected chi connectivity index (χ3v) is 1.07. The van der Waals surface area contributed by atoms with Gasteiger partial charge in [-0.1, -0.05) is 6.08 Å². The molecule has 0 amide bonds. The highest BCUT2D eigenvalue weighted by molar-refractivity contribution is 5.84. The summed E-state index contributed by atoms with van der Waals surface area (Å²) in [4.78, 5) is 14.0. The highest BCUT2D eigenvalue weighted by Crippen LogP contribution is 2.00. The topological polar surface area (TPSA) is 29.4 Å². The van der Waals surface area contributed by atoms with Gasteiger partial charge in [-0.25, -0.2) is 0 Å². The van der Waals surface area contributed by atoms with E-state index in [4.69, 9.17) is 0 Å². The number of carbonyl (C=O) groups excluding carboxylic acids is 1. The van der Waals surface area contributed by atoms with E-state index in [0.29, 0.717) is 6.42 Å². The molecule has 0 spiro atoms. The van der Waals surface area contributed by atoms with Gasteiger partial charge in [0.1, 0.15) is 6.29 Å². The summed E-state index contributed by atoms with van der Waals surface area (Å²) in [5.41, 5.74) is 0.771. The number of carbonyl (C=O) groups is 1. The van der Waals surface area contributed by atoms with Gasteiger partial charge in [0.2, 0.25) is 0 Å². The second-order valence-electron chi connectivity index (χ2n) is 1.75. The molecule has 1 aliphatic heterocycles. The molecule has 0 aromatic carbocycles. The van der Waals surface area contributed by atoms with Crippen LogP contribution in [0.25, 0.3) is 0 Å². The SMILES string of the molecule is O=CC1=CC=NC=CC1. The average molecular weight is 121 g/mol. The zero-order valence-electron chi connectivity index (χ0n) is 4.95. The molecule has 9 heavy (non-hydrogen) atoms. The molecule has 0 fully saturated rings. The lowest BCUT2D eigenvalue weighted by Gasteiger charge is -1.84. The van der Waals surface area contributed by atoms with E-state index in [1.54, 1.807) is 18.5 Å². The summed E-state index contributed by atoms with van der Waals surface area (Å²) in [5, 5.41) is 0. The minimum Gasteiger partial charge on any atom is -0.298 e. The molecule has 1 heterocycles. The highest BCUT2D eigenvalue weighted by Gasteiger charge is 1.90. The van der Waals surface area contributed by atoms with E-state index < -0.39 is 0 Å². The summed E-state index contributed by atoms with van der Waals surface area (Å²) in [7, 11) is 0. The summed E-state index contributed by atoms with van der Waals surface area (Å²) in [5.74, 6) is 0. The molecule has 0 aromatic rings. The first-order chi connectivity index (χ1) is 4.43. The van der Waals surface area contributed by atoms with Crippen molar-refractivity contribution in [2.24, 2.45) is 4.99 Å². The van der Waals surface area contributed by atoms with E-state index in [1.807, 2.05) is 6.08 Å². The van der Waals surface area contributed by atoms with Crippen LogP contribution in [-0.4, -0.2) is 12.5 Å². The number of hydrogen-bond acceptors (Lipinski definition) is 2. The fourth-order valence-electron chi connectivity index (χ4n) is 0.594. The Labute approximate surface area is 53.6 Å². The van der Waals surface area contributed by atoms with Gasteiger partial charge in [0, 0.05) is 12.4 Å². The van der Waals surface area contributed by atoms with Crippen LogP contribution in [0.15, 0.2) is 28.9 Å². The summed E-state index contributed by atoms with van der Waals surface area (Å²) in [6.45, 7) is 0. The van der Waals surface area contributed by atoms with Gasteiger partial charge in [0.15, 0.2) is 0 Å². The number of nitrogens with zero attached hydrogens (tertiary/aromatic N) is 1. The lowest BCUT2D eigenvalue weighted by molar-refractivity contribution is -0.104. The highest BCUT2D eigenvalue weighted by atomic mass is 16.1. The number of hydrogen-bond donors (Lipinski definition) is 0. The Kier molecular flexibility index (Phi) is 1.96. The zero-order chi connectivity index (χ0) is 6.53. The van der Waals surface area contributed by atoms with Crippen molar-refractivity contribution in [2.75, 3.05) is 0 Å². The van der Waals surface area contributed by atoms with Gasteiger partial charge in [-0.15, -0.1) is 0 Å². The molecule has 0 aliphatic carbocycles. The third-order valence-electron chi connectivity index (χ3n) is 1.07. The van der Waals surface area contributed by atoms with E-state index >= 15 is 0 Å². The molecule has 0 saturated carbocycles. The number of allylic oxidation sites excluding steroid dienone is 3. The van der Waals surface area contributed by atoms with Crippen LogP contribution in [0, 0.1) is 0 Å². The molecule has 1 rings (SSSR count). The van der Waals surface area contributed by atoms with Gasteiger partial charge in [-0.3, -0.25) is 9.79 Å². The van der Waals surface area contributed by atoms with Crippen molar-refractivity contribution in [1.29, 1.82) is 0 Å². The predicted molar refractivity (Wildman–Crippen MR) is 36.4 cm³/mol. The molecule has 0 atom stereocenters. The van der Waals surface area contributed by atoms with Crippen molar-refractivity contribution in [3.63, 3.8) is 0 Å². The van der Waals surface area contributed by atoms with Crippen molar-refractivity contribution in [1.82, 2.24) is 0 Å². The van der Waals surface area contributed by atoms with Crippen LogP contribution in [0.5, 0.6) is 0 Å². The van der Waals surface area contributed by atoms with Gasteiger partial charge in [-0.2, -0.15) is 0 Å². The van der Waals surface area contributed by atoms with Crippen molar-refractivity contribution in [3.8, 4) is 0 Å². The second kappa shape index (κ2) is 2.97. The minimum absolute atomic E-state index is 0.698. The Morgan fingerprint density at radius 2 is 2.56 bits per heavy atom. The molecule has 46 valence electrons. The van der Waals surface area contributed by atoms with Gasteiger partial charge >= 0.3 is 0 Å². The van der Waals surface area contributed by atoms with Gasteiger partial charge < -0.3 is 0 Å². The van der Waals surface area contributed by atoms with E-state index in [-0.39, 0.29) is 0 Å². The fourth-order valence-corrected chi connectivity index (χ4v) is 0.594. The number of rotatable bonds is 1. The predicted octanol–water partition coefficient (Wildman–Crippen LogP) is 1.10. The molecule has 0 aromatic heterocycles. The molecule has 0 N–H and O–H groups in total. The average Bonchev–Trinajstić information content (AvgIpc) is 2.13. The van der Waals surface area contributed by atoms with Crippen LogP contribution in [0.4, 0.5) is 0 Å². The summed E-state index contributed by atoms with van der Waals surface area (Å²) < 4.78 is 0. The van der Waals surface area contributed by atoms with Crippen LogP contribution < -0.4 is 0 Å². The summed E-state index contributed by atoms with van der Waals surface area (Å²) >= 11 is 0. The van der Waals surface area contributed by atoms with Gasteiger partial charge in [0.05, 0.1) is 0 Å². The molecule has 0 radical (unpaired) electrons. The van der Waals surface area contributed by atoms with Crippen LogP contribution in [0.1, 0.15) is 6.42 Å². The van der Waals surface area contributed by atoms with Crippen molar-refractivity contribution in [3.05, 3.63) is 23.9 Å². The number of aliphatic imine (C=N–C) groups is 1. The zero-order valence-corrected chi connectivity index (χ0v) is 4.95. The van der Waals surface area contributed by atoms with Crippen molar-refractivity contribution >= 4 is 12.5 Å². The second-order valence-corrected chi connectivity index (χ2v) is 1.75. The maximum atomic E-state index is 10.1. The Bertz CT molecular complexity index is 189. The lowest BCUT2D eigenvalue weighted by atomic mass is 10.2. The van der Waals surface area contributed by atoms with E-state index in [9.17, 15) is 4.79 Å². The maximum Gasteiger partial charge on any atom is 0.146 e. The first-order valence-electron chi connectivity index (χ1n) is 2.76. The fraction of sp³-hybridized carbons (Fsp3) is 0.143. The molecule has 0 saturated heterocycles. The summed E-state index contributed by atoms with van der Waals surface area (Å²) in [6, 6.07) is 0. The molecular formula is C7H7NO. The largest absolute Gasteiger partial charge is 0.298 e. The summed E-state index contributed by atoms with van der Waals surface area (Å²) in [6.07, 6.45) is 8.42. The maximum absolute atomic E-state index is 10.1. The van der Waals surface area contributed by atoms with Crippen molar-refractivity contribution < 1.29 is 4.79 Å². The van der Waals surface area contributed by atoms with Gasteiger partial charge in [-0.05, 0) is 18.1 Å². The van der Waals surface area contributed by atoms with Crippen LogP contribution in [0.2, 0.25) is 0 Å². The molecule has 0 unspecified atom stereocenters. The normalized spacial score (nSPS) is 16.7. The van der Waals surface area contributed by atoms with Crippen LogP contribution in [-0.2, 0) is 4.79 Å². The van der Waals surface area contributed by atoms with Crippen molar-refractivity contribution in [2.45, 2.75) is 6.42 Å². The van der Waals surface area contributed by atoms with E-state index in [2.05, 4.69) is 4.99 Å². The van der Waals surface area contributed by atoms with E-state index in [0.717, 1.165) is 11.9 Å². The van der Waals surface area contributed by atoms with Crippen LogP contribution >= 0.6 is 0 Å². The molecule has 2 nitrogen and oxygen atoms in total. The monoisotopic (exact) mass is 121 g/mol.